The number of carbonyl (C=O) groups is 1. The van der Waals surface area contributed by atoms with E-state index in [1.165, 1.54) is 0 Å². The zero-order chi connectivity index (χ0) is 11.3. The molecule has 0 heterocycles. The Kier molecular flexibility index (Phi) is 7.13. The SMILES string of the molecule is O=[C]([Au][Cl])[C@H](O)[C@@H](O)[C@H](O)[C@H](O)CO. The van der Waals surface area contributed by atoms with Crippen LogP contribution in [0.5, 0.6) is 0 Å². The number of aliphatic hydroxyl groups is 5. The van der Waals surface area contributed by atoms with Gasteiger partial charge in [0.25, 0.3) is 0 Å². The van der Waals surface area contributed by atoms with E-state index in [9.17, 15) is 4.79 Å². The molecule has 0 radical (unpaired) electrons. The quantitative estimate of drug-likeness (QED) is 0.301. The molecule has 0 aliphatic heterocycles. The van der Waals surface area contributed by atoms with Crippen molar-refractivity contribution in [3.05, 3.63) is 0 Å². The zero-order valence-corrected chi connectivity index (χ0v) is 9.76. The van der Waals surface area contributed by atoms with Gasteiger partial charge in [0.1, 0.15) is 0 Å². The van der Waals surface area contributed by atoms with Crippen LogP contribution in [0.1, 0.15) is 0 Å². The molecular weight excluding hydrogens is 400 g/mol. The van der Waals surface area contributed by atoms with Gasteiger partial charge in [0, 0.05) is 0 Å². The van der Waals surface area contributed by atoms with Gasteiger partial charge in [0.05, 0.1) is 0 Å². The summed E-state index contributed by atoms with van der Waals surface area (Å²) in [5.74, 6) is 0. The Morgan fingerprint density at radius 2 is 1.71 bits per heavy atom. The molecule has 0 bridgehead atoms. The topological polar surface area (TPSA) is 118 Å². The first-order chi connectivity index (χ1) is 6.45. The first-order valence-electron chi connectivity index (χ1n) is 3.51. The van der Waals surface area contributed by atoms with Crippen LogP contribution in [0.4, 0.5) is 0 Å². The minimum absolute atomic E-state index is 0.775. The summed E-state index contributed by atoms with van der Waals surface area (Å²) in [5, 5.41) is 44.7. The third-order valence-electron chi connectivity index (χ3n) is 1.52. The Balaban J connectivity index is 4.30. The van der Waals surface area contributed by atoms with E-state index in [-0.39, 0.29) is 0 Å². The molecular formula is C6H11AuClO6. The molecule has 0 amide bonds. The molecule has 0 aromatic heterocycles. The van der Waals surface area contributed by atoms with Crippen LogP contribution in [0.3, 0.4) is 0 Å². The Morgan fingerprint density at radius 3 is 2.07 bits per heavy atom. The average molecular weight is 412 g/mol. The maximum atomic E-state index is 10.8. The van der Waals surface area contributed by atoms with Gasteiger partial charge in [-0.05, 0) is 0 Å². The summed E-state index contributed by atoms with van der Waals surface area (Å²) >= 11 is -1.31. The predicted octanol–water partition coefficient (Wildman–Crippen LogP) is -2.81. The molecule has 0 aliphatic rings. The number of halogens is 1. The molecule has 0 aromatic rings. The Hall–Kier alpha value is 0.500. The molecule has 14 heavy (non-hydrogen) atoms. The molecule has 0 aliphatic carbocycles. The van der Waals surface area contributed by atoms with E-state index in [4.69, 9.17) is 34.7 Å². The van der Waals surface area contributed by atoms with Crippen LogP contribution in [0, 0.1) is 0 Å². The van der Waals surface area contributed by atoms with Gasteiger partial charge in [-0.1, -0.05) is 0 Å². The molecule has 5 N–H and O–H groups in total. The van der Waals surface area contributed by atoms with E-state index < -0.39 is 53.7 Å². The van der Waals surface area contributed by atoms with Gasteiger partial charge < -0.3 is 0 Å². The summed E-state index contributed by atoms with van der Waals surface area (Å²) in [4.78, 5) is 10.8. The van der Waals surface area contributed by atoms with Crippen LogP contribution in [0.15, 0.2) is 0 Å². The standard InChI is InChI=1S/C6H11O6.Au.ClH/c7-1-3(9)5(11)6(12)4(10)2-8;;/h3-7,9-12H,1H2;;1H/q;+1;/p-1/t3-,4+,5-,6-;;/m1../s1. The zero-order valence-electron chi connectivity index (χ0n) is 6.84. The van der Waals surface area contributed by atoms with Gasteiger partial charge in [-0.3, -0.25) is 0 Å². The average Bonchev–Trinajstić information content (AvgIpc) is 2.23. The van der Waals surface area contributed by atoms with Crippen LogP contribution in [0.25, 0.3) is 0 Å². The van der Waals surface area contributed by atoms with Gasteiger partial charge in [0.15, 0.2) is 0 Å². The summed E-state index contributed by atoms with van der Waals surface area (Å²) in [7, 11) is 5.19. The van der Waals surface area contributed by atoms with Crippen molar-refractivity contribution >= 4 is 13.2 Å². The number of carbonyl (C=O) groups excluding carboxylic acids is 1. The van der Waals surface area contributed by atoms with Crippen molar-refractivity contribution in [2.24, 2.45) is 0 Å². The van der Waals surface area contributed by atoms with Gasteiger partial charge in [-0.15, -0.1) is 0 Å². The second kappa shape index (κ2) is 6.89. The summed E-state index contributed by atoms with van der Waals surface area (Å²) < 4.78 is -0.775. The van der Waals surface area contributed by atoms with Crippen molar-refractivity contribution in [2.45, 2.75) is 24.4 Å². The summed E-state index contributed by atoms with van der Waals surface area (Å²) in [6.07, 6.45) is -7.08. The van der Waals surface area contributed by atoms with E-state index in [1.54, 1.807) is 0 Å². The fourth-order valence-electron chi connectivity index (χ4n) is 0.677. The third kappa shape index (κ3) is 3.93. The van der Waals surface area contributed by atoms with Crippen molar-refractivity contribution in [3.63, 3.8) is 0 Å². The molecule has 0 unspecified atom stereocenters. The summed E-state index contributed by atoms with van der Waals surface area (Å²) in [5.41, 5.74) is 0. The van der Waals surface area contributed by atoms with Gasteiger partial charge >= 0.3 is 93.2 Å². The van der Waals surface area contributed by atoms with Crippen molar-refractivity contribution in [1.82, 2.24) is 0 Å². The molecule has 0 fully saturated rings. The normalized spacial score (nSPS) is 20.1. The first kappa shape index (κ1) is 14.5. The molecule has 89 valence electrons. The van der Waals surface area contributed by atoms with Gasteiger partial charge in [0.2, 0.25) is 0 Å². The van der Waals surface area contributed by atoms with Crippen molar-refractivity contribution in [1.29, 1.82) is 0 Å². The molecule has 8 heteroatoms. The number of rotatable bonds is 6. The first-order valence-corrected chi connectivity index (χ1v) is 7.28. The Bertz CT molecular complexity index is 191. The molecule has 0 spiro atoms. The van der Waals surface area contributed by atoms with Crippen LogP contribution < -0.4 is 0 Å². The second-order valence-electron chi connectivity index (χ2n) is 2.50. The van der Waals surface area contributed by atoms with Gasteiger partial charge in [-0.25, -0.2) is 0 Å². The number of hydrogen-bond donors (Lipinski definition) is 5. The molecule has 0 saturated carbocycles. The molecule has 6 nitrogen and oxygen atoms in total. The minimum atomic E-state index is -1.85. The van der Waals surface area contributed by atoms with E-state index in [0.29, 0.717) is 0 Å². The summed E-state index contributed by atoms with van der Waals surface area (Å²) in [6, 6.07) is 0. The summed E-state index contributed by atoms with van der Waals surface area (Å²) in [6.45, 7) is -0.784. The van der Waals surface area contributed by atoms with Crippen molar-refractivity contribution < 1.29 is 49.0 Å². The van der Waals surface area contributed by atoms with E-state index in [0.717, 1.165) is 0 Å². The molecule has 0 aromatic carbocycles. The molecule has 0 saturated heterocycles. The van der Waals surface area contributed by atoms with Crippen LogP contribution in [-0.2, 0) is 23.5 Å². The third-order valence-corrected chi connectivity index (χ3v) is 3.48. The van der Waals surface area contributed by atoms with Crippen LogP contribution >= 0.6 is 9.19 Å². The van der Waals surface area contributed by atoms with Crippen molar-refractivity contribution in [3.8, 4) is 0 Å². The predicted molar refractivity (Wildman–Crippen MR) is 42.0 cm³/mol. The Labute approximate surface area is 93.3 Å². The van der Waals surface area contributed by atoms with E-state index >= 15 is 0 Å². The van der Waals surface area contributed by atoms with Gasteiger partial charge in [-0.2, -0.15) is 0 Å². The second-order valence-corrected chi connectivity index (χ2v) is 4.91. The fourth-order valence-corrected chi connectivity index (χ4v) is 1.84. The monoisotopic (exact) mass is 411 g/mol. The fraction of sp³-hybridized carbons (Fsp3) is 0.833. The number of aliphatic hydroxyl groups excluding tert-OH is 5. The molecule has 0 rings (SSSR count). The molecule has 4 atom stereocenters. The maximum absolute atomic E-state index is 10.8. The van der Waals surface area contributed by atoms with Crippen molar-refractivity contribution in [2.75, 3.05) is 6.61 Å². The number of hydrogen-bond acceptors (Lipinski definition) is 6. The van der Waals surface area contributed by atoms with Crippen LogP contribution in [0.2, 0.25) is 0 Å². The van der Waals surface area contributed by atoms with E-state index in [2.05, 4.69) is 0 Å². The van der Waals surface area contributed by atoms with E-state index in [1.807, 2.05) is 0 Å². The Morgan fingerprint density at radius 1 is 1.21 bits per heavy atom. The van der Waals surface area contributed by atoms with Crippen LogP contribution in [-0.4, -0.2) is 60.6 Å².